The topological polar surface area (TPSA) is 33.7 Å². The predicted octanol–water partition coefficient (Wildman–Crippen LogP) is 2.14. The molecule has 4 heteroatoms. The van der Waals surface area contributed by atoms with E-state index in [2.05, 4.69) is 36.2 Å². The van der Waals surface area contributed by atoms with Gasteiger partial charge >= 0.3 is 0 Å². The van der Waals surface area contributed by atoms with Crippen LogP contribution < -0.4 is 10.1 Å². The third-order valence-electron chi connectivity index (χ3n) is 3.56. The average Bonchev–Trinajstić information content (AvgIpc) is 2.46. The minimum atomic E-state index is 0.172. The van der Waals surface area contributed by atoms with Crippen molar-refractivity contribution in [2.75, 3.05) is 39.9 Å². The monoisotopic (exact) mass is 292 g/mol. The van der Waals surface area contributed by atoms with E-state index in [0.717, 1.165) is 38.5 Å². The number of nitrogens with zero attached hydrogens (tertiary/aromatic N) is 1. The Morgan fingerprint density at radius 2 is 2.29 bits per heavy atom. The van der Waals surface area contributed by atoms with E-state index in [0.29, 0.717) is 12.5 Å². The number of morpholine rings is 1. The summed E-state index contributed by atoms with van der Waals surface area (Å²) in [5.41, 5.74) is 1.24. The lowest BCUT2D eigenvalue weighted by Gasteiger charge is -2.33. The molecule has 0 aromatic heterocycles. The maximum Gasteiger partial charge on any atom is 0.119 e. The first-order chi connectivity index (χ1) is 10.2. The third kappa shape index (κ3) is 5.65. The molecule has 1 saturated heterocycles. The quantitative estimate of drug-likeness (QED) is 0.835. The van der Waals surface area contributed by atoms with E-state index in [9.17, 15) is 0 Å². The largest absolute Gasteiger partial charge is 0.491 e. The lowest BCUT2D eigenvalue weighted by Crippen LogP contribution is -2.46. The Balaban J connectivity index is 1.80. The van der Waals surface area contributed by atoms with E-state index in [1.165, 1.54) is 5.56 Å². The Morgan fingerprint density at radius 3 is 3.05 bits per heavy atom. The Labute approximate surface area is 128 Å². The molecule has 1 aliphatic rings. The molecule has 1 aromatic rings. The smallest absolute Gasteiger partial charge is 0.119 e. The van der Waals surface area contributed by atoms with Crippen LogP contribution in [-0.2, 0) is 11.3 Å². The van der Waals surface area contributed by atoms with Gasteiger partial charge in [-0.05, 0) is 30.7 Å². The van der Waals surface area contributed by atoms with Crippen LogP contribution in [0, 0.1) is 5.92 Å². The highest BCUT2D eigenvalue weighted by Gasteiger charge is 2.21. The highest BCUT2D eigenvalue weighted by atomic mass is 16.5. The second kappa shape index (κ2) is 8.37. The summed E-state index contributed by atoms with van der Waals surface area (Å²) in [5.74, 6) is 1.62. The van der Waals surface area contributed by atoms with Crippen LogP contribution in [0.2, 0.25) is 0 Å². The SMILES string of the molecule is CNCc1cccc(OCC2CN(CC(C)C)CCO2)c1. The van der Waals surface area contributed by atoms with E-state index < -0.39 is 0 Å². The summed E-state index contributed by atoms with van der Waals surface area (Å²) < 4.78 is 11.7. The van der Waals surface area contributed by atoms with Crippen molar-refractivity contribution in [1.82, 2.24) is 10.2 Å². The number of rotatable bonds is 7. The number of ether oxygens (including phenoxy) is 2. The summed E-state index contributed by atoms with van der Waals surface area (Å²) in [6.45, 7) is 9.94. The van der Waals surface area contributed by atoms with Crippen molar-refractivity contribution in [3.8, 4) is 5.75 Å². The minimum absolute atomic E-state index is 0.172. The van der Waals surface area contributed by atoms with Crippen molar-refractivity contribution in [2.45, 2.75) is 26.5 Å². The van der Waals surface area contributed by atoms with Gasteiger partial charge in [0.2, 0.25) is 0 Å². The van der Waals surface area contributed by atoms with E-state index in [4.69, 9.17) is 9.47 Å². The van der Waals surface area contributed by atoms with Crippen LogP contribution in [0.1, 0.15) is 19.4 Å². The van der Waals surface area contributed by atoms with E-state index >= 15 is 0 Å². The standard InChI is InChI=1S/C17H28N2O2/c1-14(2)11-19-7-8-20-17(12-19)13-21-16-6-4-5-15(9-16)10-18-3/h4-6,9,14,17-18H,7-8,10-13H2,1-3H3. The maximum atomic E-state index is 5.91. The molecule has 4 nitrogen and oxygen atoms in total. The average molecular weight is 292 g/mol. The van der Waals surface area contributed by atoms with Gasteiger partial charge in [-0.3, -0.25) is 4.90 Å². The highest BCUT2D eigenvalue weighted by molar-refractivity contribution is 5.28. The summed E-state index contributed by atoms with van der Waals surface area (Å²) in [5, 5.41) is 3.15. The first kappa shape index (κ1) is 16.3. The molecular formula is C17H28N2O2. The van der Waals surface area contributed by atoms with Gasteiger partial charge in [-0.1, -0.05) is 26.0 Å². The number of nitrogens with one attached hydrogen (secondary N) is 1. The van der Waals surface area contributed by atoms with Crippen LogP contribution in [0.4, 0.5) is 0 Å². The van der Waals surface area contributed by atoms with E-state index in [1.54, 1.807) is 0 Å². The van der Waals surface area contributed by atoms with Crippen LogP contribution in [0.5, 0.6) is 5.75 Å². The Kier molecular flexibility index (Phi) is 6.49. The molecule has 1 fully saturated rings. The normalized spacial score (nSPS) is 19.9. The molecule has 1 atom stereocenters. The van der Waals surface area contributed by atoms with E-state index in [1.807, 2.05) is 19.2 Å². The molecule has 0 radical (unpaired) electrons. The molecule has 1 aromatic carbocycles. The molecule has 1 aliphatic heterocycles. The zero-order chi connectivity index (χ0) is 15.1. The highest BCUT2D eigenvalue weighted by Crippen LogP contribution is 2.15. The van der Waals surface area contributed by atoms with Gasteiger partial charge in [-0.15, -0.1) is 0 Å². The van der Waals surface area contributed by atoms with Crippen molar-refractivity contribution in [2.24, 2.45) is 5.92 Å². The molecule has 2 rings (SSSR count). The van der Waals surface area contributed by atoms with Gasteiger partial charge in [-0.2, -0.15) is 0 Å². The summed E-state index contributed by atoms with van der Waals surface area (Å²) in [4.78, 5) is 2.47. The molecule has 0 spiro atoms. The first-order valence-electron chi connectivity index (χ1n) is 7.87. The molecular weight excluding hydrogens is 264 g/mol. The van der Waals surface area contributed by atoms with Gasteiger partial charge in [0.15, 0.2) is 0 Å². The fourth-order valence-electron chi connectivity index (χ4n) is 2.70. The Bertz CT molecular complexity index is 423. The minimum Gasteiger partial charge on any atom is -0.491 e. The molecule has 0 aliphatic carbocycles. The summed E-state index contributed by atoms with van der Waals surface area (Å²) >= 11 is 0. The van der Waals surface area contributed by atoms with Crippen LogP contribution in [-0.4, -0.2) is 50.9 Å². The third-order valence-corrected chi connectivity index (χ3v) is 3.56. The van der Waals surface area contributed by atoms with Crippen LogP contribution >= 0.6 is 0 Å². The molecule has 1 unspecified atom stereocenters. The van der Waals surface area contributed by atoms with Crippen molar-refractivity contribution < 1.29 is 9.47 Å². The zero-order valence-electron chi connectivity index (χ0n) is 13.5. The molecule has 1 N–H and O–H groups in total. The van der Waals surface area contributed by atoms with Gasteiger partial charge in [0.1, 0.15) is 18.5 Å². The lowest BCUT2D eigenvalue weighted by atomic mass is 10.2. The first-order valence-corrected chi connectivity index (χ1v) is 7.87. The summed E-state index contributed by atoms with van der Waals surface area (Å²) in [7, 11) is 1.95. The van der Waals surface area contributed by atoms with Crippen molar-refractivity contribution >= 4 is 0 Å². The molecule has 0 bridgehead atoms. The van der Waals surface area contributed by atoms with Gasteiger partial charge < -0.3 is 14.8 Å². The van der Waals surface area contributed by atoms with Crippen LogP contribution in [0.3, 0.4) is 0 Å². The second-order valence-electron chi connectivity index (χ2n) is 6.13. The lowest BCUT2D eigenvalue weighted by molar-refractivity contribution is -0.0505. The molecule has 0 saturated carbocycles. The van der Waals surface area contributed by atoms with Gasteiger partial charge in [0.25, 0.3) is 0 Å². The van der Waals surface area contributed by atoms with Gasteiger partial charge in [-0.25, -0.2) is 0 Å². The van der Waals surface area contributed by atoms with Crippen LogP contribution in [0.25, 0.3) is 0 Å². The molecule has 118 valence electrons. The summed E-state index contributed by atoms with van der Waals surface area (Å²) in [6.07, 6.45) is 0.172. The van der Waals surface area contributed by atoms with Crippen LogP contribution in [0.15, 0.2) is 24.3 Å². The fourth-order valence-corrected chi connectivity index (χ4v) is 2.70. The molecule has 1 heterocycles. The van der Waals surface area contributed by atoms with Crippen molar-refractivity contribution in [3.63, 3.8) is 0 Å². The zero-order valence-corrected chi connectivity index (χ0v) is 13.5. The predicted molar refractivity (Wildman–Crippen MR) is 85.7 cm³/mol. The Hall–Kier alpha value is -1.10. The summed E-state index contributed by atoms with van der Waals surface area (Å²) in [6, 6.07) is 8.23. The van der Waals surface area contributed by atoms with Crippen molar-refractivity contribution in [1.29, 1.82) is 0 Å². The fraction of sp³-hybridized carbons (Fsp3) is 0.647. The number of benzene rings is 1. The molecule has 0 amide bonds. The molecule has 21 heavy (non-hydrogen) atoms. The van der Waals surface area contributed by atoms with Gasteiger partial charge in [0.05, 0.1) is 6.61 Å². The number of hydrogen-bond donors (Lipinski definition) is 1. The van der Waals surface area contributed by atoms with E-state index in [-0.39, 0.29) is 6.10 Å². The maximum absolute atomic E-state index is 5.91. The Morgan fingerprint density at radius 1 is 1.43 bits per heavy atom. The van der Waals surface area contributed by atoms with Gasteiger partial charge in [0, 0.05) is 26.2 Å². The number of hydrogen-bond acceptors (Lipinski definition) is 4. The van der Waals surface area contributed by atoms with Crippen molar-refractivity contribution in [3.05, 3.63) is 29.8 Å². The second-order valence-corrected chi connectivity index (χ2v) is 6.13.